The molecule has 2 N–H and O–H groups in total. The van der Waals surface area contributed by atoms with Gasteiger partial charge in [-0.15, -0.1) is 12.4 Å². The van der Waals surface area contributed by atoms with Crippen molar-refractivity contribution in [2.24, 2.45) is 11.7 Å². The summed E-state index contributed by atoms with van der Waals surface area (Å²) in [6, 6.07) is 3.88. The van der Waals surface area contributed by atoms with Gasteiger partial charge in [-0.3, -0.25) is 0 Å². The van der Waals surface area contributed by atoms with E-state index in [2.05, 4.69) is 15.9 Å². The number of benzene rings is 1. The smallest absolute Gasteiger partial charge is 0.243 e. The largest absolute Gasteiger partial charge is 0.330 e. The minimum Gasteiger partial charge on any atom is -0.330 e. The van der Waals surface area contributed by atoms with Crippen molar-refractivity contribution in [3.05, 3.63) is 28.5 Å². The zero-order valence-corrected chi connectivity index (χ0v) is 14.0. The number of hydrogen-bond donors (Lipinski definition) is 1. The Morgan fingerprint density at radius 3 is 2.45 bits per heavy atom. The van der Waals surface area contributed by atoms with Crippen molar-refractivity contribution in [3.8, 4) is 0 Å². The van der Waals surface area contributed by atoms with Crippen molar-refractivity contribution in [2.45, 2.75) is 17.7 Å². The van der Waals surface area contributed by atoms with E-state index in [0.29, 0.717) is 25.6 Å². The van der Waals surface area contributed by atoms with Crippen LogP contribution in [-0.4, -0.2) is 32.4 Å². The summed E-state index contributed by atoms with van der Waals surface area (Å²) in [5, 5.41) is 0. The van der Waals surface area contributed by atoms with Crippen LogP contribution in [-0.2, 0) is 10.0 Å². The zero-order valence-electron chi connectivity index (χ0n) is 10.8. The fraction of sp³-hybridized carbons (Fsp3) is 0.500. The Labute approximate surface area is 133 Å². The maximum absolute atomic E-state index is 13.4. The van der Waals surface area contributed by atoms with Crippen molar-refractivity contribution < 1.29 is 12.8 Å². The Kier molecular flexibility index (Phi) is 6.40. The van der Waals surface area contributed by atoms with Crippen LogP contribution in [0.1, 0.15) is 12.8 Å². The molecule has 20 heavy (non-hydrogen) atoms. The van der Waals surface area contributed by atoms with Gasteiger partial charge in [0.15, 0.2) is 0 Å². The minimum atomic E-state index is -3.60. The van der Waals surface area contributed by atoms with Crippen molar-refractivity contribution in [1.29, 1.82) is 0 Å². The second-order valence-electron chi connectivity index (χ2n) is 4.66. The lowest BCUT2D eigenvalue weighted by atomic mass is 9.99. The minimum absolute atomic E-state index is 0. The molecular weight excluding hydrogens is 371 g/mol. The molecular formula is C12H17BrClFN2O2S. The Morgan fingerprint density at radius 1 is 1.35 bits per heavy atom. The molecule has 114 valence electrons. The standard InChI is InChI=1S/C12H16BrFN2O2S.ClH/c13-11-2-1-10(7-12(11)14)19(17,18)16-5-3-9(8-15)4-6-16;/h1-2,7,9H,3-6,8,15H2;1H. The molecule has 2 rings (SSSR count). The summed E-state index contributed by atoms with van der Waals surface area (Å²) in [4.78, 5) is -0.000557. The molecule has 1 fully saturated rings. The van der Waals surface area contributed by atoms with Gasteiger partial charge in [0.2, 0.25) is 10.0 Å². The lowest BCUT2D eigenvalue weighted by Crippen LogP contribution is -2.40. The molecule has 4 nitrogen and oxygen atoms in total. The van der Waals surface area contributed by atoms with Crippen LogP contribution in [0.3, 0.4) is 0 Å². The van der Waals surface area contributed by atoms with Gasteiger partial charge >= 0.3 is 0 Å². The average Bonchev–Trinajstić information content (AvgIpc) is 2.41. The van der Waals surface area contributed by atoms with E-state index in [4.69, 9.17) is 5.73 Å². The van der Waals surface area contributed by atoms with E-state index in [1.54, 1.807) is 0 Å². The van der Waals surface area contributed by atoms with Crippen LogP contribution >= 0.6 is 28.3 Å². The first kappa shape index (κ1) is 17.8. The third-order valence-electron chi connectivity index (χ3n) is 3.44. The van der Waals surface area contributed by atoms with E-state index in [9.17, 15) is 12.8 Å². The van der Waals surface area contributed by atoms with Crippen molar-refractivity contribution in [1.82, 2.24) is 4.31 Å². The molecule has 0 aromatic heterocycles. The van der Waals surface area contributed by atoms with E-state index in [1.807, 2.05) is 0 Å². The second-order valence-corrected chi connectivity index (χ2v) is 7.45. The number of sulfonamides is 1. The average molecular weight is 388 g/mol. The predicted octanol–water partition coefficient (Wildman–Crippen LogP) is 2.37. The van der Waals surface area contributed by atoms with Crippen LogP contribution in [0.4, 0.5) is 4.39 Å². The molecule has 0 amide bonds. The van der Waals surface area contributed by atoms with E-state index in [-0.39, 0.29) is 21.8 Å². The molecule has 1 heterocycles. The van der Waals surface area contributed by atoms with E-state index >= 15 is 0 Å². The summed E-state index contributed by atoms with van der Waals surface area (Å²) >= 11 is 3.01. The molecule has 0 radical (unpaired) electrons. The SMILES string of the molecule is Cl.NCC1CCN(S(=O)(=O)c2ccc(Br)c(F)c2)CC1. The lowest BCUT2D eigenvalue weighted by Gasteiger charge is -2.30. The summed E-state index contributed by atoms with van der Waals surface area (Å²) < 4.78 is 39.8. The van der Waals surface area contributed by atoms with Crippen LogP contribution in [0.15, 0.2) is 27.6 Å². The Hall–Kier alpha value is -0.210. The van der Waals surface area contributed by atoms with Crippen LogP contribution in [0.25, 0.3) is 0 Å². The van der Waals surface area contributed by atoms with Crippen molar-refractivity contribution >= 4 is 38.4 Å². The summed E-state index contributed by atoms with van der Waals surface area (Å²) in [6.45, 7) is 1.48. The van der Waals surface area contributed by atoms with Crippen molar-refractivity contribution in [3.63, 3.8) is 0 Å². The molecule has 8 heteroatoms. The molecule has 1 saturated heterocycles. The predicted molar refractivity (Wildman–Crippen MR) is 81.9 cm³/mol. The summed E-state index contributed by atoms with van der Waals surface area (Å²) in [5.74, 6) is -0.189. The van der Waals surface area contributed by atoms with Crippen LogP contribution in [0, 0.1) is 11.7 Å². The molecule has 1 aliphatic heterocycles. The first-order valence-electron chi connectivity index (χ1n) is 6.10. The lowest BCUT2D eigenvalue weighted by molar-refractivity contribution is 0.278. The van der Waals surface area contributed by atoms with Gasteiger partial charge in [-0.25, -0.2) is 12.8 Å². The van der Waals surface area contributed by atoms with E-state index in [0.717, 1.165) is 18.9 Å². The van der Waals surface area contributed by atoms with Gasteiger partial charge in [-0.2, -0.15) is 4.31 Å². The first-order valence-corrected chi connectivity index (χ1v) is 8.33. The van der Waals surface area contributed by atoms with Gasteiger partial charge in [0.25, 0.3) is 0 Å². The normalized spacial score (nSPS) is 17.8. The highest BCUT2D eigenvalue weighted by molar-refractivity contribution is 9.10. The van der Waals surface area contributed by atoms with Gasteiger partial charge in [0.1, 0.15) is 5.82 Å². The summed E-state index contributed by atoms with van der Waals surface area (Å²) in [5.41, 5.74) is 5.58. The van der Waals surface area contributed by atoms with Crippen LogP contribution in [0.2, 0.25) is 0 Å². The fourth-order valence-corrected chi connectivity index (χ4v) is 3.90. The van der Waals surface area contributed by atoms with Crippen LogP contribution in [0.5, 0.6) is 0 Å². The summed E-state index contributed by atoms with van der Waals surface area (Å²) in [7, 11) is -3.60. The van der Waals surface area contributed by atoms with Gasteiger partial charge in [-0.05, 0) is 59.4 Å². The molecule has 1 aromatic rings. The molecule has 0 unspecified atom stereocenters. The number of nitrogens with two attached hydrogens (primary N) is 1. The second kappa shape index (κ2) is 7.17. The highest BCUT2D eigenvalue weighted by Crippen LogP contribution is 2.25. The topological polar surface area (TPSA) is 63.4 Å². The Balaban J connectivity index is 0.00000200. The monoisotopic (exact) mass is 386 g/mol. The van der Waals surface area contributed by atoms with Gasteiger partial charge in [0, 0.05) is 13.1 Å². The maximum atomic E-state index is 13.4. The molecule has 0 spiro atoms. The number of rotatable bonds is 3. The molecule has 0 atom stereocenters. The first-order chi connectivity index (χ1) is 8.95. The number of halogens is 3. The number of nitrogens with zero attached hydrogens (tertiary/aromatic N) is 1. The van der Waals surface area contributed by atoms with E-state index < -0.39 is 15.8 Å². The quantitative estimate of drug-likeness (QED) is 0.866. The number of hydrogen-bond acceptors (Lipinski definition) is 3. The summed E-state index contributed by atoms with van der Waals surface area (Å²) in [6.07, 6.45) is 1.52. The highest BCUT2D eigenvalue weighted by Gasteiger charge is 2.29. The molecule has 0 saturated carbocycles. The fourth-order valence-electron chi connectivity index (χ4n) is 2.17. The molecule has 1 aliphatic rings. The zero-order chi connectivity index (χ0) is 14.0. The van der Waals surface area contributed by atoms with Gasteiger partial charge < -0.3 is 5.73 Å². The molecule has 0 bridgehead atoms. The Morgan fingerprint density at radius 2 is 1.95 bits per heavy atom. The third kappa shape index (κ3) is 3.71. The van der Waals surface area contributed by atoms with Crippen molar-refractivity contribution in [2.75, 3.05) is 19.6 Å². The maximum Gasteiger partial charge on any atom is 0.243 e. The highest BCUT2D eigenvalue weighted by atomic mass is 79.9. The van der Waals surface area contributed by atoms with Gasteiger partial charge in [-0.1, -0.05) is 0 Å². The van der Waals surface area contributed by atoms with E-state index in [1.165, 1.54) is 16.4 Å². The third-order valence-corrected chi connectivity index (χ3v) is 5.97. The molecule has 0 aliphatic carbocycles. The number of piperidine rings is 1. The van der Waals surface area contributed by atoms with Gasteiger partial charge in [0.05, 0.1) is 9.37 Å². The van der Waals surface area contributed by atoms with Crippen LogP contribution < -0.4 is 5.73 Å². The molecule has 1 aromatic carbocycles. The Bertz CT molecular complexity index is 563.